The van der Waals surface area contributed by atoms with Crippen molar-refractivity contribution in [2.24, 2.45) is 11.8 Å². The van der Waals surface area contributed by atoms with E-state index in [0.717, 1.165) is 30.3 Å². The standard InChI is InChI=1S/C26H34O/c1-3-5-8-11-23-14-16-24(17-15-23)12-9-6-7-10-13-25-18-20-26(21-19-25)27-22-4-2/h6-7,18-21,23-24H,3-5,8,11,14-17,22H2,1-2H3/b7-6+/t23-,24-. The smallest absolute Gasteiger partial charge is 0.119 e. The molecular weight excluding hydrogens is 328 g/mol. The van der Waals surface area contributed by atoms with Crippen LogP contribution in [-0.4, -0.2) is 6.61 Å². The van der Waals surface area contributed by atoms with Gasteiger partial charge in [0.25, 0.3) is 0 Å². The molecule has 1 fully saturated rings. The molecule has 0 N–H and O–H groups in total. The molecule has 0 spiro atoms. The van der Waals surface area contributed by atoms with E-state index in [1.54, 1.807) is 0 Å². The van der Waals surface area contributed by atoms with E-state index in [9.17, 15) is 0 Å². The van der Waals surface area contributed by atoms with Crippen LogP contribution >= 0.6 is 0 Å². The van der Waals surface area contributed by atoms with Gasteiger partial charge >= 0.3 is 0 Å². The summed E-state index contributed by atoms with van der Waals surface area (Å²) in [4.78, 5) is 0. The summed E-state index contributed by atoms with van der Waals surface area (Å²) in [5, 5.41) is 0. The van der Waals surface area contributed by atoms with Crippen molar-refractivity contribution >= 4 is 0 Å². The Labute approximate surface area is 166 Å². The fourth-order valence-electron chi connectivity index (χ4n) is 3.51. The number of hydrogen-bond acceptors (Lipinski definition) is 1. The quantitative estimate of drug-likeness (QED) is 0.384. The highest BCUT2D eigenvalue weighted by molar-refractivity contribution is 5.40. The summed E-state index contributed by atoms with van der Waals surface area (Å²) in [5.41, 5.74) is 0.998. The Hall–Kier alpha value is -2.12. The van der Waals surface area contributed by atoms with Gasteiger partial charge in [-0.05, 0) is 74.4 Å². The van der Waals surface area contributed by atoms with Crippen molar-refractivity contribution in [2.75, 3.05) is 6.61 Å². The molecule has 1 aliphatic carbocycles. The number of allylic oxidation sites excluding steroid dienone is 2. The van der Waals surface area contributed by atoms with Gasteiger partial charge in [0.1, 0.15) is 5.75 Å². The van der Waals surface area contributed by atoms with Crippen molar-refractivity contribution in [3.8, 4) is 29.4 Å². The predicted octanol–water partition coefficient (Wildman–Crippen LogP) is 6.77. The molecule has 0 aliphatic heterocycles. The van der Waals surface area contributed by atoms with Crippen molar-refractivity contribution in [2.45, 2.75) is 71.6 Å². The molecule has 0 amide bonds. The summed E-state index contributed by atoms with van der Waals surface area (Å²) >= 11 is 0. The van der Waals surface area contributed by atoms with Crippen LogP contribution in [0.4, 0.5) is 0 Å². The SMILES string of the molecule is CCCCC[C@H]1CC[C@H](C#C/C=C/C#Cc2ccc(OCCC)cc2)CC1. The lowest BCUT2D eigenvalue weighted by molar-refractivity contribution is 0.294. The Balaban J connectivity index is 1.69. The van der Waals surface area contributed by atoms with E-state index in [1.165, 1.54) is 51.4 Å². The van der Waals surface area contributed by atoms with Crippen molar-refractivity contribution in [1.29, 1.82) is 0 Å². The third-order valence-electron chi connectivity index (χ3n) is 5.14. The highest BCUT2D eigenvalue weighted by atomic mass is 16.5. The molecule has 27 heavy (non-hydrogen) atoms. The van der Waals surface area contributed by atoms with E-state index in [1.807, 2.05) is 36.4 Å². The van der Waals surface area contributed by atoms with Crippen LogP contribution in [0.3, 0.4) is 0 Å². The number of hydrogen-bond donors (Lipinski definition) is 0. The lowest BCUT2D eigenvalue weighted by Crippen LogP contribution is -2.13. The minimum Gasteiger partial charge on any atom is -0.494 e. The number of rotatable bonds is 7. The van der Waals surface area contributed by atoms with Crippen molar-refractivity contribution in [3.05, 3.63) is 42.0 Å². The molecule has 0 radical (unpaired) electrons. The molecule has 1 aromatic rings. The molecule has 1 aliphatic rings. The second-order valence-corrected chi connectivity index (χ2v) is 7.48. The van der Waals surface area contributed by atoms with E-state index < -0.39 is 0 Å². The largest absolute Gasteiger partial charge is 0.494 e. The molecule has 1 heteroatoms. The van der Waals surface area contributed by atoms with Gasteiger partial charge in [-0.3, -0.25) is 0 Å². The topological polar surface area (TPSA) is 9.23 Å². The van der Waals surface area contributed by atoms with E-state index in [2.05, 4.69) is 37.5 Å². The zero-order valence-electron chi connectivity index (χ0n) is 17.1. The highest BCUT2D eigenvalue weighted by Crippen LogP contribution is 2.31. The third kappa shape index (κ3) is 8.88. The second-order valence-electron chi connectivity index (χ2n) is 7.48. The average molecular weight is 363 g/mol. The Bertz CT molecular complexity index is 667. The Kier molecular flexibility index (Phi) is 10.3. The number of unbranched alkanes of at least 4 members (excludes halogenated alkanes) is 2. The summed E-state index contributed by atoms with van der Waals surface area (Å²) < 4.78 is 5.58. The lowest BCUT2D eigenvalue weighted by atomic mass is 9.80. The molecule has 1 aromatic carbocycles. The lowest BCUT2D eigenvalue weighted by Gasteiger charge is -2.25. The van der Waals surface area contributed by atoms with Gasteiger partial charge in [0.05, 0.1) is 6.61 Å². The first-order chi connectivity index (χ1) is 13.3. The van der Waals surface area contributed by atoms with Crippen LogP contribution < -0.4 is 4.74 Å². The monoisotopic (exact) mass is 362 g/mol. The first-order valence-electron chi connectivity index (χ1n) is 10.7. The van der Waals surface area contributed by atoms with Gasteiger partial charge in [-0.1, -0.05) is 63.2 Å². The van der Waals surface area contributed by atoms with Crippen LogP contribution in [0.25, 0.3) is 0 Å². The molecule has 0 saturated heterocycles. The molecule has 0 aromatic heterocycles. The number of ether oxygens (including phenoxy) is 1. The predicted molar refractivity (Wildman–Crippen MR) is 116 cm³/mol. The van der Waals surface area contributed by atoms with Crippen LogP contribution in [-0.2, 0) is 0 Å². The zero-order valence-corrected chi connectivity index (χ0v) is 17.1. The van der Waals surface area contributed by atoms with Gasteiger partial charge in [-0.2, -0.15) is 0 Å². The molecule has 1 saturated carbocycles. The maximum atomic E-state index is 5.58. The van der Waals surface area contributed by atoms with Gasteiger partial charge in [0, 0.05) is 11.5 Å². The summed E-state index contributed by atoms with van der Waals surface area (Å²) in [6.07, 6.45) is 15.6. The van der Waals surface area contributed by atoms with E-state index in [-0.39, 0.29) is 0 Å². The van der Waals surface area contributed by atoms with E-state index in [4.69, 9.17) is 4.74 Å². The first kappa shape index (κ1) is 21.2. The summed E-state index contributed by atoms with van der Waals surface area (Å²) in [6, 6.07) is 7.94. The van der Waals surface area contributed by atoms with Crippen LogP contribution in [0.1, 0.15) is 77.2 Å². The zero-order chi connectivity index (χ0) is 19.2. The van der Waals surface area contributed by atoms with Gasteiger partial charge in [-0.15, -0.1) is 0 Å². The number of benzene rings is 1. The van der Waals surface area contributed by atoms with E-state index in [0.29, 0.717) is 5.92 Å². The summed E-state index contributed by atoms with van der Waals surface area (Å²) in [7, 11) is 0. The van der Waals surface area contributed by atoms with Crippen LogP contribution in [0.5, 0.6) is 5.75 Å². The minimum absolute atomic E-state index is 0.584. The van der Waals surface area contributed by atoms with Gasteiger partial charge in [0.15, 0.2) is 0 Å². The maximum Gasteiger partial charge on any atom is 0.119 e. The average Bonchev–Trinajstić information content (AvgIpc) is 2.71. The summed E-state index contributed by atoms with van der Waals surface area (Å²) in [6.45, 7) is 5.14. The van der Waals surface area contributed by atoms with E-state index >= 15 is 0 Å². The highest BCUT2D eigenvalue weighted by Gasteiger charge is 2.19. The fraction of sp³-hybridized carbons (Fsp3) is 0.538. The molecule has 0 atom stereocenters. The fourth-order valence-corrected chi connectivity index (χ4v) is 3.51. The Morgan fingerprint density at radius 3 is 2.37 bits per heavy atom. The molecule has 2 rings (SSSR count). The van der Waals surface area contributed by atoms with Gasteiger partial charge < -0.3 is 4.74 Å². The maximum absolute atomic E-state index is 5.58. The Morgan fingerprint density at radius 2 is 1.67 bits per heavy atom. The second kappa shape index (κ2) is 13.1. The molecular formula is C26H34O. The molecule has 0 heterocycles. The molecule has 0 bridgehead atoms. The molecule has 144 valence electrons. The minimum atomic E-state index is 0.584. The van der Waals surface area contributed by atoms with Crippen molar-refractivity contribution < 1.29 is 4.74 Å². The molecule has 0 unspecified atom stereocenters. The van der Waals surface area contributed by atoms with Crippen molar-refractivity contribution in [1.82, 2.24) is 0 Å². The van der Waals surface area contributed by atoms with Crippen LogP contribution in [0.2, 0.25) is 0 Å². The van der Waals surface area contributed by atoms with Gasteiger partial charge in [-0.25, -0.2) is 0 Å². The Morgan fingerprint density at radius 1 is 0.926 bits per heavy atom. The van der Waals surface area contributed by atoms with Gasteiger partial charge in [0.2, 0.25) is 0 Å². The van der Waals surface area contributed by atoms with Crippen molar-refractivity contribution in [3.63, 3.8) is 0 Å². The van der Waals surface area contributed by atoms with Crippen LogP contribution in [0.15, 0.2) is 36.4 Å². The molecule has 1 nitrogen and oxygen atoms in total. The summed E-state index contributed by atoms with van der Waals surface area (Å²) in [5.74, 6) is 15.2. The van der Waals surface area contributed by atoms with Crippen LogP contribution in [0, 0.1) is 35.5 Å². The third-order valence-corrected chi connectivity index (χ3v) is 5.14. The first-order valence-corrected chi connectivity index (χ1v) is 10.7. The normalized spacial score (nSPS) is 19.0.